The number of hydrogen-bond donors (Lipinski definition) is 1. The zero-order valence-electron chi connectivity index (χ0n) is 11.6. The van der Waals surface area contributed by atoms with Crippen molar-refractivity contribution >= 4 is 0 Å². The molecule has 2 fully saturated rings. The lowest BCUT2D eigenvalue weighted by molar-refractivity contribution is -0.0499. The molecule has 1 atom stereocenters. The molecule has 0 aromatic rings. The first-order valence-corrected chi connectivity index (χ1v) is 7.72. The molecule has 18 heavy (non-hydrogen) atoms. The van der Waals surface area contributed by atoms with Crippen LogP contribution in [0.1, 0.15) is 64.7 Å². The van der Waals surface area contributed by atoms with Crippen molar-refractivity contribution in [2.45, 2.75) is 76.7 Å². The van der Waals surface area contributed by atoms with E-state index in [4.69, 9.17) is 0 Å². The molecule has 2 aliphatic carbocycles. The number of nitrogens with one attached hydrogen (secondary N) is 1. The molecule has 0 aliphatic heterocycles. The molecule has 0 bridgehead atoms. The van der Waals surface area contributed by atoms with Crippen LogP contribution in [0.5, 0.6) is 0 Å². The molecule has 0 spiro atoms. The van der Waals surface area contributed by atoms with E-state index in [0.717, 1.165) is 18.9 Å². The third-order valence-electron chi connectivity index (χ3n) is 4.57. The molecule has 1 N–H and O–H groups in total. The lowest BCUT2D eigenvalue weighted by Crippen LogP contribution is -2.40. The van der Waals surface area contributed by atoms with Gasteiger partial charge in [-0.1, -0.05) is 19.8 Å². The Labute approximate surface area is 110 Å². The van der Waals surface area contributed by atoms with Crippen molar-refractivity contribution in [3.8, 4) is 0 Å². The molecule has 0 aromatic carbocycles. The van der Waals surface area contributed by atoms with E-state index in [2.05, 4.69) is 12.2 Å². The summed E-state index contributed by atoms with van der Waals surface area (Å²) in [6, 6.07) is 0.488. The van der Waals surface area contributed by atoms with Gasteiger partial charge in [-0.2, -0.15) is 0 Å². The average molecular weight is 259 g/mol. The van der Waals surface area contributed by atoms with E-state index in [1.165, 1.54) is 25.7 Å². The van der Waals surface area contributed by atoms with E-state index >= 15 is 0 Å². The highest BCUT2D eigenvalue weighted by atomic mass is 19.3. The minimum Gasteiger partial charge on any atom is -0.314 e. The van der Waals surface area contributed by atoms with Gasteiger partial charge >= 0.3 is 0 Å². The molecule has 3 heteroatoms. The lowest BCUT2D eigenvalue weighted by atomic mass is 9.80. The molecular formula is C15H27F2N. The largest absolute Gasteiger partial charge is 0.314 e. The van der Waals surface area contributed by atoms with E-state index in [9.17, 15) is 8.78 Å². The highest BCUT2D eigenvalue weighted by Crippen LogP contribution is 2.40. The fraction of sp³-hybridized carbons (Fsp3) is 1.00. The van der Waals surface area contributed by atoms with Crippen LogP contribution in [0.3, 0.4) is 0 Å². The van der Waals surface area contributed by atoms with E-state index in [0.29, 0.717) is 24.8 Å². The van der Waals surface area contributed by atoms with Gasteiger partial charge in [-0.05, 0) is 50.5 Å². The molecule has 106 valence electrons. The standard InChI is InChI=1S/C15H27F2N/c1-2-11-18-14(6-5-12-3-4-12)13-7-9-15(16,17)10-8-13/h12-14,18H,2-11H2,1H3. The number of rotatable bonds is 7. The van der Waals surface area contributed by atoms with E-state index in [-0.39, 0.29) is 12.8 Å². The van der Waals surface area contributed by atoms with Gasteiger partial charge in [-0.25, -0.2) is 8.78 Å². The average Bonchev–Trinajstić information content (AvgIpc) is 3.14. The predicted octanol–water partition coefficient (Wildman–Crippen LogP) is 4.37. The van der Waals surface area contributed by atoms with Crippen molar-refractivity contribution in [3.63, 3.8) is 0 Å². The van der Waals surface area contributed by atoms with E-state index in [1.807, 2.05) is 0 Å². The zero-order chi connectivity index (χ0) is 13.0. The minimum absolute atomic E-state index is 0.103. The molecule has 0 heterocycles. The summed E-state index contributed by atoms with van der Waals surface area (Å²) in [4.78, 5) is 0. The molecule has 0 amide bonds. The van der Waals surface area contributed by atoms with Gasteiger partial charge in [-0.3, -0.25) is 0 Å². The van der Waals surface area contributed by atoms with E-state index < -0.39 is 5.92 Å². The Kier molecular flexibility index (Phi) is 4.99. The monoisotopic (exact) mass is 259 g/mol. The first kappa shape index (κ1) is 14.2. The summed E-state index contributed by atoms with van der Waals surface area (Å²) in [5.74, 6) is -0.960. The maximum atomic E-state index is 13.2. The summed E-state index contributed by atoms with van der Waals surface area (Å²) in [7, 11) is 0. The minimum atomic E-state index is -2.39. The first-order valence-electron chi connectivity index (χ1n) is 7.72. The third-order valence-corrected chi connectivity index (χ3v) is 4.57. The van der Waals surface area contributed by atoms with Crippen LogP contribution in [0.15, 0.2) is 0 Å². The van der Waals surface area contributed by atoms with Crippen molar-refractivity contribution < 1.29 is 8.78 Å². The Morgan fingerprint density at radius 2 is 1.83 bits per heavy atom. The van der Waals surface area contributed by atoms with Crippen molar-refractivity contribution in [1.29, 1.82) is 0 Å². The van der Waals surface area contributed by atoms with Gasteiger partial charge in [0.05, 0.1) is 0 Å². The lowest BCUT2D eigenvalue weighted by Gasteiger charge is -2.34. The fourth-order valence-electron chi connectivity index (χ4n) is 3.12. The van der Waals surface area contributed by atoms with Crippen LogP contribution in [0.4, 0.5) is 8.78 Å². The van der Waals surface area contributed by atoms with Gasteiger partial charge in [0.1, 0.15) is 0 Å². The Balaban J connectivity index is 1.78. The van der Waals surface area contributed by atoms with Crippen LogP contribution in [0, 0.1) is 11.8 Å². The second-order valence-corrected chi connectivity index (χ2v) is 6.27. The molecule has 0 aromatic heterocycles. The van der Waals surface area contributed by atoms with Crippen molar-refractivity contribution in [1.82, 2.24) is 5.32 Å². The SMILES string of the molecule is CCCNC(CCC1CC1)C1CCC(F)(F)CC1. The van der Waals surface area contributed by atoms with Gasteiger partial charge < -0.3 is 5.32 Å². The van der Waals surface area contributed by atoms with E-state index in [1.54, 1.807) is 0 Å². The van der Waals surface area contributed by atoms with Crippen LogP contribution in [0.2, 0.25) is 0 Å². The summed E-state index contributed by atoms with van der Waals surface area (Å²) in [5, 5.41) is 3.60. The Hall–Kier alpha value is -0.180. The number of alkyl halides is 2. The summed E-state index contributed by atoms with van der Waals surface area (Å²) < 4.78 is 26.4. The topological polar surface area (TPSA) is 12.0 Å². The third kappa shape index (κ3) is 4.49. The molecular weight excluding hydrogens is 232 g/mol. The fourth-order valence-corrected chi connectivity index (χ4v) is 3.12. The molecule has 1 nitrogen and oxygen atoms in total. The quantitative estimate of drug-likeness (QED) is 0.716. The van der Waals surface area contributed by atoms with Crippen LogP contribution in [-0.2, 0) is 0 Å². The highest BCUT2D eigenvalue weighted by molar-refractivity contribution is 4.86. The van der Waals surface area contributed by atoms with Crippen LogP contribution in [-0.4, -0.2) is 18.5 Å². The Morgan fingerprint density at radius 3 is 2.39 bits per heavy atom. The van der Waals surface area contributed by atoms with Crippen molar-refractivity contribution in [2.24, 2.45) is 11.8 Å². The number of hydrogen-bond acceptors (Lipinski definition) is 1. The highest BCUT2D eigenvalue weighted by Gasteiger charge is 2.37. The maximum Gasteiger partial charge on any atom is 0.248 e. The Morgan fingerprint density at radius 1 is 1.17 bits per heavy atom. The van der Waals surface area contributed by atoms with Crippen molar-refractivity contribution in [3.05, 3.63) is 0 Å². The van der Waals surface area contributed by atoms with Gasteiger partial charge in [0.2, 0.25) is 5.92 Å². The van der Waals surface area contributed by atoms with Crippen LogP contribution >= 0.6 is 0 Å². The first-order chi connectivity index (χ1) is 8.61. The summed E-state index contributed by atoms with van der Waals surface area (Å²) in [6.45, 7) is 3.20. The molecule has 2 aliphatic rings. The van der Waals surface area contributed by atoms with Gasteiger partial charge in [0.15, 0.2) is 0 Å². The summed E-state index contributed by atoms with van der Waals surface area (Å²) in [5.41, 5.74) is 0. The van der Waals surface area contributed by atoms with Gasteiger partial charge in [0.25, 0.3) is 0 Å². The summed E-state index contributed by atoms with van der Waals surface area (Å²) >= 11 is 0. The smallest absolute Gasteiger partial charge is 0.248 e. The molecule has 0 saturated heterocycles. The second kappa shape index (κ2) is 6.31. The van der Waals surface area contributed by atoms with Crippen molar-refractivity contribution in [2.75, 3.05) is 6.54 Å². The van der Waals surface area contributed by atoms with Crippen LogP contribution in [0.25, 0.3) is 0 Å². The molecule has 0 radical (unpaired) electrons. The normalized spacial score (nSPS) is 26.2. The Bertz CT molecular complexity index is 241. The van der Waals surface area contributed by atoms with Gasteiger partial charge in [-0.15, -0.1) is 0 Å². The maximum absolute atomic E-state index is 13.2. The summed E-state index contributed by atoms with van der Waals surface area (Å²) in [6.07, 6.45) is 8.03. The molecule has 1 unspecified atom stereocenters. The molecule has 2 rings (SSSR count). The molecule has 2 saturated carbocycles. The second-order valence-electron chi connectivity index (χ2n) is 6.27. The predicted molar refractivity (Wildman–Crippen MR) is 70.9 cm³/mol. The van der Waals surface area contributed by atoms with Crippen LogP contribution < -0.4 is 5.32 Å². The zero-order valence-corrected chi connectivity index (χ0v) is 11.6. The number of halogens is 2. The van der Waals surface area contributed by atoms with Gasteiger partial charge in [0, 0.05) is 18.9 Å².